The number of nitrogens with zero attached hydrogens (tertiary/aromatic N) is 2. The van der Waals surface area contributed by atoms with Crippen molar-refractivity contribution in [3.8, 4) is 5.75 Å². The Balaban J connectivity index is 1.31. The van der Waals surface area contributed by atoms with Crippen LogP contribution in [0.5, 0.6) is 5.75 Å². The number of anilines is 1. The minimum atomic E-state index is -3.85. The maximum atomic E-state index is 14.5. The van der Waals surface area contributed by atoms with Crippen molar-refractivity contribution < 1.29 is 22.7 Å². The molecule has 0 aliphatic heterocycles. The Hall–Kier alpha value is -3.85. The molecule has 4 bridgehead atoms. The molecule has 9 heteroatoms. The van der Waals surface area contributed by atoms with Gasteiger partial charge in [-0.3, -0.25) is 13.9 Å². The molecule has 8 nitrogen and oxygen atoms in total. The van der Waals surface area contributed by atoms with E-state index >= 15 is 0 Å². The summed E-state index contributed by atoms with van der Waals surface area (Å²) >= 11 is 0. The van der Waals surface area contributed by atoms with Crippen LogP contribution in [0.2, 0.25) is 0 Å². The van der Waals surface area contributed by atoms with E-state index in [0.717, 1.165) is 35.1 Å². The molecule has 4 saturated carbocycles. The van der Waals surface area contributed by atoms with Crippen LogP contribution in [0.3, 0.4) is 0 Å². The standard InChI is InChI=1S/C40H51N3O5S/c1-28(2)25-41-39(45)37(21-29-9-6-5-7-10-29)42(26-30-11-8-12-36(20-30)48-3)38(44)27-43(49(4,46)47)35-15-13-34(14-16-35)40-22-31-17-32(23-40)19-33(18-31)24-40/h5-16,20,28,31-33,37H,17-19,21-27H2,1-4H3,(H,41,45). The second-order valence-electron chi connectivity index (χ2n) is 15.2. The molecule has 1 atom stereocenters. The number of methoxy groups -OCH3 is 1. The molecular weight excluding hydrogens is 635 g/mol. The normalized spacial score (nSPS) is 23.2. The number of hydrogen-bond donors (Lipinski definition) is 1. The van der Waals surface area contributed by atoms with Gasteiger partial charge in [0.1, 0.15) is 18.3 Å². The van der Waals surface area contributed by atoms with Crippen LogP contribution >= 0.6 is 0 Å². The van der Waals surface area contributed by atoms with E-state index in [1.54, 1.807) is 7.11 Å². The third-order valence-corrected chi connectivity index (χ3v) is 12.1. The topological polar surface area (TPSA) is 96.0 Å². The van der Waals surface area contributed by atoms with Crippen LogP contribution in [0.15, 0.2) is 78.9 Å². The molecule has 3 aromatic rings. The molecule has 1 N–H and O–H groups in total. The van der Waals surface area contributed by atoms with Gasteiger partial charge in [0.15, 0.2) is 0 Å². The van der Waals surface area contributed by atoms with Crippen molar-refractivity contribution in [2.45, 2.75) is 76.8 Å². The van der Waals surface area contributed by atoms with E-state index in [1.165, 1.54) is 53.3 Å². The fraction of sp³-hybridized carbons (Fsp3) is 0.500. The molecule has 4 fully saturated rings. The van der Waals surface area contributed by atoms with E-state index in [1.807, 2.05) is 80.6 Å². The number of rotatable bonds is 14. The van der Waals surface area contributed by atoms with Gasteiger partial charge in [-0.1, -0.05) is 68.4 Å². The highest BCUT2D eigenvalue weighted by Crippen LogP contribution is 2.60. The van der Waals surface area contributed by atoms with Crippen LogP contribution in [0.4, 0.5) is 5.69 Å². The van der Waals surface area contributed by atoms with E-state index in [-0.39, 0.29) is 30.2 Å². The highest BCUT2D eigenvalue weighted by molar-refractivity contribution is 7.92. The first-order valence-electron chi connectivity index (χ1n) is 17.7. The molecule has 4 aliphatic rings. The molecule has 49 heavy (non-hydrogen) atoms. The number of hydrogen-bond acceptors (Lipinski definition) is 5. The van der Waals surface area contributed by atoms with E-state index in [4.69, 9.17) is 4.74 Å². The van der Waals surface area contributed by atoms with Gasteiger partial charge in [0, 0.05) is 19.5 Å². The fourth-order valence-corrected chi connectivity index (χ4v) is 9.85. The molecule has 262 valence electrons. The third kappa shape index (κ3) is 8.14. The summed E-state index contributed by atoms with van der Waals surface area (Å²) in [4.78, 5) is 29.9. The van der Waals surface area contributed by atoms with Crippen molar-refractivity contribution in [1.82, 2.24) is 10.2 Å². The molecule has 1 unspecified atom stereocenters. The van der Waals surface area contributed by atoms with Crippen LogP contribution in [0.1, 0.15) is 69.1 Å². The number of ether oxygens (including phenoxy) is 1. The Morgan fingerprint density at radius 1 is 0.878 bits per heavy atom. The van der Waals surface area contributed by atoms with E-state index in [2.05, 4.69) is 17.4 Å². The van der Waals surface area contributed by atoms with Crippen molar-refractivity contribution >= 4 is 27.5 Å². The summed E-state index contributed by atoms with van der Waals surface area (Å²) in [6, 6.07) is 24.0. The third-order valence-electron chi connectivity index (χ3n) is 10.9. The average molecular weight is 686 g/mol. The lowest BCUT2D eigenvalue weighted by atomic mass is 9.48. The highest BCUT2D eigenvalue weighted by atomic mass is 32.2. The minimum absolute atomic E-state index is 0.102. The quantitative estimate of drug-likeness (QED) is 0.214. The summed E-state index contributed by atoms with van der Waals surface area (Å²) in [6.07, 6.45) is 9.13. The summed E-state index contributed by atoms with van der Waals surface area (Å²) in [6.45, 7) is 4.17. The Bertz CT molecular complexity index is 1690. The van der Waals surface area contributed by atoms with Crippen molar-refractivity contribution in [3.05, 3.63) is 95.6 Å². The highest BCUT2D eigenvalue weighted by Gasteiger charge is 2.51. The first-order chi connectivity index (χ1) is 23.4. The van der Waals surface area contributed by atoms with Crippen molar-refractivity contribution in [3.63, 3.8) is 0 Å². The summed E-state index contributed by atoms with van der Waals surface area (Å²) in [5.41, 5.74) is 3.60. The molecule has 0 heterocycles. The smallest absolute Gasteiger partial charge is 0.244 e. The number of sulfonamides is 1. The predicted molar refractivity (Wildman–Crippen MR) is 194 cm³/mol. The lowest BCUT2D eigenvalue weighted by molar-refractivity contribution is -0.140. The molecular formula is C40H51N3O5S. The minimum Gasteiger partial charge on any atom is -0.497 e. The van der Waals surface area contributed by atoms with Gasteiger partial charge >= 0.3 is 0 Å². The van der Waals surface area contributed by atoms with Crippen LogP contribution in [0.25, 0.3) is 0 Å². The maximum Gasteiger partial charge on any atom is 0.244 e. The second kappa shape index (κ2) is 14.6. The van der Waals surface area contributed by atoms with Crippen LogP contribution in [0, 0.1) is 23.7 Å². The predicted octanol–water partition coefficient (Wildman–Crippen LogP) is 6.34. The Morgan fingerprint density at radius 2 is 1.49 bits per heavy atom. The zero-order valence-corrected chi connectivity index (χ0v) is 30.1. The largest absolute Gasteiger partial charge is 0.497 e. The van der Waals surface area contributed by atoms with Crippen LogP contribution in [-0.2, 0) is 38.0 Å². The summed E-state index contributed by atoms with van der Waals surface area (Å²) in [5.74, 6) is 2.50. The van der Waals surface area contributed by atoms with Gasteiger partial charge in [-0.2, -0.15) is 0 Å². The SMILES string of the molecule is COc1cccc(CN(C(=O)CN(c2ccc(C34CC5CC(CC(C5)C3)C4)cc2)S(C)(=O)=O)C(Cc2ccccc2)C(=O)NCC(C)C)c1. The number of carbonyl (C=O) groups is 2. The molecule has 2 amide bonds. The van der Waals surface area contributed by atoms with E-state index < -0.39 is 28.5 Å². The van der Waals surface area contributed by atoms with Crippen molar-refractivity contribution in [2.24, 2.45) is 23.7 Å². The lowest BCUT2D eigenvalue weighted by Gasteiger charge is -2.57. The van der Waals surface area contributed by atoms with Crippen LogP contribution in [-0.4, -0.2) is 57.6 Å². The Kier molecular flexibility index (Phi) is 10.4. The molecule has 0 saturated heterocycles. The van der Waals surface area contributed by atoms with Crippen LogP contribution < -0.4 is 14.4 Å². The molecule has 4 aliphatic carbocycles. The summed E-state index contributed by atoms with van der Waals surface area (Å²) < 4.78 is 33.4. The van der Waals surface area contributed by atoms with E-state index in [9.17, 15) is 18.0 Å². The van der Waals surface area contributed by atoms with Gasteiger partial charge in [-0.05, 0) is 109 Å². The first-order valence-corrected chi connectivity index (χ1v) is 19.6. The number of carbonyl (C=O) groups excluding carboxylic acids is 2. The van der Waals surface area contributed by atoms with Crippen molar-refractivity contribution in [1.29, 1.82) is 0 Å². The summed E-state index contributed by atoms with van der Waals surface area (Å²) in [5, 5.41) is 3.03. The van der Waals surface area contributed by atoms with Gasteiger partial charge in [-0.25, -0.2) is 8.42 Å². The monoisotopic (exact) mass is 685 g/mol. The zero-order valence-electron chi connectivity index (χ0n) is 29.3. The molecule has 7 rings (SSSR count). The maximum absolute atomic E-state index is 14.5. The first kappa shape index (κ1) is 35.0. The second-order valence-corrected chi connectivity index (χ2v) is 17.1. The van der Waals surface area contributed by atoms with Gasteiger partial charge in [0.25, 0.3) is 0 Å². The Morgan fingerprint density at radius 3 is 2.06 bits per heavy atom. The molecule has 0 spiro atoms. The Labute approximate surface area is 292 Å². The lowest BCUT2D eigenvalue weighted by Crippen LogP contribution is -2.53. The van der Waals surface area contributed by atoms with Gasteiger partial charge in [0.2, 0.25) is 21.8 Å². The van der Waals surface area contributed by atoms with E-state index in [0.29, 0.717) is 18.0 Å². The number of amides is 2. The molecule has 0 aromatic heterocycles. The zero-order chi connectivity index (χ0) is 34.8. The van der Waals surface area contributed by atoms with Gasteiger partial charge in [0.05, 0.1) is 19.1 Å². The van der Waals surface area contributed by atoms with Gasteiger partial charge < -0.3 is 15.0 Å². The average Bonchev–Trinajstić information content (AvgIpc) is 3.07. The fourth-order valence-electron chi connectivity index (χ4n) is 9.00. The number of benzene rings is 3. The van der Waals surface area contributed by atoms with Gasteiger partial charge in [-0.15, -0.1) is 0 Å². The molecule has 3 aromatic carbocycles. The molecule has 0 radical (unpaired) electrons. The van der Waals surface area contributed by atoms with Crippen molar-refractivity contribution in [2.75, 3.05) is 30.8 Å². The summed E-state index contributed by atoms with van der Waals surface area (Å²) in [7, 11) is -2.27. The number of nitrogens with one attached hydrogen (secondary N) is 1.